The summed E-state index contributed by atoms with van der Waals surface area (Å²) >= 11 is 0. The Balaban J connectivity index is 1.56. The maximum absolute atomic E-state index is 13.7. The summed E-state index contributed by atoms with van der Waals surface area (Å²) in [7, 11) is 2.37. The first-order valence-electron chi connectivity index (χ1n) is 12.1. The third-order valence-corrected chi connectivity index (χ3v) is 7.59. The molecule has 1 aliphatic carbocycles. The molecule has 0 saturated carbocycles. The fourth-order valence-electron chi connectivity index (χ4n) is 5.96. The van der Waals surface area contributed by atoms with Crippen LogP contribution in [0, 0.1) is 5.41 Å². The van der Waals surface area contributed by atoms with Crippen LogP contribution in [0.3, 0.4) is 0 Å². The number of carbonyl (C=O) groups excluding carboxylic acids is 4. The molecular weight excluding hydrogens is 486 g/mol. The predicted octanol–water partition coefficient (Wildman–Crippen LogP) is 3.72. The monoisotopic (exact) mass is 509 g/mol. The number of hydrogen-bond donors (Lipinski definition) is 0. The quantitative estimate of drug-likeness (QED) is 0.294. The topological polar surface area (TPSA) is 99.2 Å². The molecule has 3 aromatic carbocycles. The van der Waals surface area contributed by atoms with E-state index in [0.717, 1.165) is 16.0 Å². The van der Waals surface area contributed by atoms with E-state index in [1.165, 1.54) is 14.2 Å². The van der Waals surface area contributed by atoms with Crippen molar-refractivity contribution in [3.63, 3.8) is 0 Å². The van der Waals surface area contributed by atoms with E-state index in [4.69, 9.17) is 14.2 Å². The van der Waals surface area contributed by atoms with Gasteiger partial charge in [-0.05, 0) is 23.3 Å². The van der Waals surface area contributed by atoms with E-state index >= 15 is 0 Å². The Hall–Kier alpha value is -4.56. The number of fused-ring (bicyclic) bond motifs is 1. The Bertz CT molecular complexity index is 1430. The largest absolute Gasteiger partial charge is 0.468 e. The predicted molar refractivity (Wildman–Crippen MR) is 135 cm³/mol. The molecule has 6 rings (SSSR count). The Kier molecular flexibility index (Phi) is 5.32. The second-order valence-corrected chi connectivity index (χ2v) is 9.35. The van der Waals surface area contributed by atoms with Gasteiger partial charge in [0.25, 0.3) is 11.8 Å². The summed E-state index contributed by atoms with van der Waals surface area (Å²) in [6, 6.07) is 24.9. The molecule has 0 aromatic heterocycles. The first kappa shape index (κ1) is 23.8. The van der Waals surface area contributed by atoms with Gasteiger partial charge in [-0.2, -0.15) is 0 Å². The molecule has 1 spiro atoms. The summed E-state index contributed by atoms with van der Waals surface area (Å²) < 4.78 is 17.0. The second-order valence-electron chi connectivity index (χ2n) is 9.35. The number of benzene rings is 3. The number of hydrogen-bond acceptors (Lipinski definition) is 7. The van der Waals surface area contributed by atoms with Crippen LogP contribution in [0.5, 0.6) is 0 Å². The molecule has 3 aromatic rings. The molecule has 1 unspecified atom stereocenters. The molecule has 38 heavy (non-hydrogen) atoms. The van der Waals surface area contributed by atoms with Crippen molar-refractivity contribution in [3.8, 4) is 0 Å². The van der Waals surface area contributed by atoms with Crippen LogP contribution >= 0.6 is 0 Å². The number of nitrogens with zero attached hydrogens (tertiary/aromatic N) is 1. The van der Waals surface area contributed by atoms with Gasteiger partial charge in [0.1, 0.15) is 11.8 Å². The van der Waals surface area contributed by atoms with Crippen molar-refractivity contribution in [3.05, 3.63) is 107 Å². The number of carbonyl (C=O) groups is 4. The van der Waals surface area contributed by atoms with E-state index in [-0.39, 0.29) is 17.5 Å². The lowest BCUT2D eigenvalue weighted by atomic mass is 9.73. The van der Waals surface area contributed by atoms with Crippen LogP contribution in [0.25, 0.3) is 11.1 Å². The molecule has 8 nitrogen and oxygen atoms in total. The van der Waals surface area contributed by atoms with E-state index in [1.54, 1.807) is 24.3 Å². The van der Waals surface area contributed by atoms with Crippen LogP contribution in [-0.2, 0) is 23.8 Å². The minimum atomic E-state index is -2.01. The van der Waals surface area contributed by atoms with Crippen molar-refractivity contribution in [2.24, 2.45) is 5.41 Å². The Labute approximate surface area is 218 Å². The van der Waals surface area contributed by atoms with Crippen LogP contribution in [0.2, 0.25) is 0 Å². The van der Waals surface area contributed by atoms with Gasteiger partial charge in [0, 0.05) is 17.6 Å². The van der Waals surface area contributed by atoms with Gasteiger partial charge >= 0.3 is 11.9 Å². The molecule has 1 saturated heterocycles. The number of methoxy groups -OCH3 is 2. The summed E-state index contributed by atoms with van der Waals surface area (Å²) in [5.41, 5.74) is -0.516. The molecule has 2 heterocycles. The zero-order valence-electron chi connectivity index (χ0n) is 20.7. The van der Waals surface area contributed by atoms with Gasteiger partial charge in [-0.1, -0.05) is 72.8 Å². The second kappa shape index (κ2) is 8.49. The van der Waals surface area contributed by atoms with Gasteiger partial charge in [-0.25, -0.2) is 4.90 Å². The van der Waals surface area contributed by atoms with Gasteiger partial charge in [0.05, 0.1) is 25.3 Å². The van der Waals surface area contributed by atoms with E-state index < -0.39 is 41.0 Å². The molecule has 2 aliphatic heterocycles. The number of esters is 2. The summed E-state index contributed by atoms with van der Waals surface area (Å²) in [5, 5.41) is 0. The Morgan fingerprint density at radius 1 is 0.737 bits per heavy atom. The highest BCUT2D eigenvalue weighted by molar-refractivity contribution is 6.26. The third-order valence-electron chi connectivity index (χ3n) is 7.59. The lowest BCUT2D eigenvalue weighted by Crippen LogP contribution is -2.51. The Morgan fingerprint density at radius 3 is 1.58 bits per heavy atom. The SMILES string of the molecule is COC(=O)C1(C(=O)OC)CC(N2C(=O)c3ccccc3C2=O)OC12C(c1ccccc1)=C2c1ccccc1. The number of amides is 2. The van der Waals surface area contributed by atoms with Crippen molar-refractivity contribution in [1.29, 1.82) is 0 Å². The Morgan fingerprint density at radius 2 is 1.16 bits per heavy atom. The van der Waals surface area contributed by atoms with Gasteiger partial charge in [-0.15, -0.1) is 0 Å². The minimum absolute atomic E-state index is 0.235. The van der Waals surface area contributed by atoms with Crippen molar-refractivity contribution in [2.45, 2.75) is 18.2 Å². The summed E-state index contributed by atoms with van der Waals surface area (Å²) in [6.45, 7) is 0. The number of ether oxygens (including phenoxy) is 3. The fraction of sp³-hybridized carbons (Fsp3) is 0.200. The van der Waals surface area contributed by atoms with E-state index in [0.29, 0.717) is 11.1 Å². The van der Waals surface area contributed by atoms with Crippen LogP contribution in [0.1, 0.15) is 38.3 Å². The first-order chi connectivity index (χ1) is 18.4. The fourth-order valence-corrected chi connectivity index (χ4v) is 5.96. The normalized spacial score (nSPS) is 20.5. The third kappa shape index (κ3) is 2.95. The number of rotatable bonds is 5. The summed E-state index contributed by atoms with van der Waals surface area (Å²) in [4.78, 5) is 55.1. The summed E-state index contributed by atoms with van der Waals surface area (Å²) in [5.74, 6) is -2.86. The maximum Gasteiger partial charge on any atom is 0.327 e. The van der Waals surface area contributed by atoms with Crippen LogP contribution in [-0.4, -0.2) is 54.7 Å². The average molecular weight is 510 g/mol. The van der Waals surface area contributed by atoms with E-state index in [1.807, 2.05) is 60.7 Å². The van der Waals surface area contributed by atoms with Crippen molar-refractivity contribution in [2.75, 3.05) is 14.2 Å². The zero-order chi connectivity index (χ0) is 26.7. The van der Waals surface area contributed by atoms with Crippen molar-refractivity contribution >= 4 is 34.9 Å². The van der Waals surface area contributed by atoms with Gasteiger partial charge in [0.15, 0.2) is 0 Å². The first-order valence-corrected chi connectivity index (χ1v) is 12.1. The molecule has 3 aliphatic rings. The molecular formula is C30H23NO7. The van der Waals surface area contributed by atoms with Crippen LogP contribution < -0.4 is 0 Å². The molecule has 8 heteroatoms. The summed E-state index contributed by atoms with van der Waals surface area (Å²) in [6.07, 6.45) is -1.56. The van der Waals surface area contributed by atoms with Gasteiger partial charge in [0.2, 0.25) is 5.41 Å². The highest BCUT2D eigenvalue weighted by atomic mass is 16.6. The lowest BCUT2D eigenvalue weighted by molar-refractivity contribution is -0.173. The average Bonchev–Trinajstić information content (AvgIpc) is 3.40. The standard InChI is InChI=1S/C30H23NO7/c1-36-27(34)29(28(35)37-2)17-22(31-25(32)20-15-9-10-16-21(20)26(31)33)38-30(29)23(18-11-5-3-6-12-18)24(30)19-13-7-4-8-14-19/h3-16,22H,17H2,1-2H3. The molecule has 1 fully saturated rings. The molecule has 0 radical (unpaired) electrons. The van der Waals surface area contributed by atoms with Gasteiger partial charge in [-0.3, -0.25) is 19.2 Å². The smallest absolute Gasteiger partial charge is 0.327 e. The number of imide groups is 1. The highest BCUT2D eigenvalue weighted by Gasteiger charge is 2.81. The highest BCUT2D eigenvalue weighted by Crippen LogP contribution is 2.72. The lowest BCUT2D eigenvalue weighted by Gasteiger charge is -2.31. The molecule has 0 bridgehead atoms. The zero-order valence-corrected chi connectivity index (χ0v) is 20.7. The van der Waals surface area contributed by atoms with Crippen molar-refractivity contribution < 1.29 is 33.4 Å². The molecule has 2 amide bonds. The van der Waals surface area contributed by atoms with E-state index in [9.17, 15) is 19.2 Å². The van der Waals surface area contributed by atoms with Crippen molar-refractivity contribution in [1.82, 2.24) is 4.90 Å². The molecule has 0 N–H and O–H groups in total. The van der Waals surface area contributed by atoms with Crippen LogP contribution in [0.15, 0.2) is 84.9 Å². The molecule has 190 valence electrons. The van der Waals surface area contributed by atoms with Gasteiger partial charge < -0.3 is 14.2 Å². The molecule has 1 atom stereocenters. The van der Waals surface area contributed by atoms with E-state index in [2.05, 4.69) is 0 Å². The minimum Gasteiger partial charge on any atom is -0.468 e. The maximum atomic E-state index is 13.7. The van der Waals surface area contributed by atoms with Crippen LogP contribution in [0.4, 0.5) is 0 Å².